The number of nitrogens with one attached hydrogen (secondary N) is 2. The van der Waals surface area contributed by atoms with Gasteiger partial charge < -0.3 is 10.6 Å². The number of nitrogens with zero attached hydrogens (tertiary/aromatic N) is 1. The Balaban J connectivity index is 2.48. The van der Waals surface area contributed by atoms with Gasteiger partial charge in [0.1, 0.15) is 0 Å². The molecule has 0 amide bonds. The Labute approximate surface area is 135 Å². The van der Waals surface area contributed by atoms with Gasteiger partial charge in [0, 0.05) is 35.9 Å². The normalized spacial score (nSPS) is 12.3. The van der Waals surface area contributed by atoms with Gasteiger partial charge in [-0.05, 0) is 17.7 Å². The van der Waals surface area contributed by atoms with E-state index in [1.54, 1.807) is 26.1 Å². The molecule has 0 unspecified atom stereocenters. The van der Waals surface area contributed by atoms with Crippen molar-refractivity contribution in [3.63, 3.8) is 0 Å². The molecule has 5 nitrogen and oxygen atoms in total. The topological polar surface area (TPSA) is 70.6 Å². The zero-order valence-corrected chi connectivity index (χ0v) is 14.3. The minimum Gasteiger partial charge on any atom is -0.355 e. The van der Waals surface area contributed by atoms with E-state index in [0.717, 1.165) is 5.56 Å². The molecule has 0 aromatic heterocycles. The maximum Gasteiger partial charge on any atom is 0.191 e. The van der Waals surface area contributed by atoms with E-state index in [9.17, 15) is 8.42 Å². The summed E-state index contributed by atoms with van der Waals surface area (Å²) < 4.78 is 22.8. The van der Waals surface area contributed by atoms with Gasteiger partial charge in [-0.25, -0.2) is 8.42 Å². The van der Waals surface area contributed by atoms with Gasteiger partial charge in [-0.2, -0.15) is 0 Å². The summed E-state index contributed by atoms with van der Waals surface area (Å²) in [6.45, 7) is 2.41. The fourth-order valence-corrected chi connectivity index (χ4v) is 2.71. The Hall–Kier alpha value is -0.980. The zero-order valence-electron chi connectivity index (χ0n) is 12.0. The summed E-state index contributed by atoms with van der Waals surface area (Å²) in [6, 6.07) is 5.26. The zero-order chi connectivity index (χ0) is 15.9. The van der Waals surface area contributed by atoms with Crippen molar-refractivity contribution in [1.29, 1.82) is 0 Å². The molecule has 0 radical (unpaired) electrons. The third-order valence-electron chi connectivity index (χ3n) is 2.83. The highest BCUT2D eigenvalue weighted by Gasteiger charge is 2.08. The molecule has 0 aliphatic heterocycles. The summed E-state index contributed by atoms with van der Waals surface area (Å²) in [6.07, 6.45) is 0. The summed E-state index contributed by atoms with van der Waals surface area (Å²) in [7, 11) is -1.36. The predicted octanol–water partition coefficient (Wildman–Crippen LogP) is 2.09. The molecule has 2 N–H and O–H groups in total. The molecule has 1 aromatic carbocycles. The number of aliphatic imine (C=N–C) groups is 1. The van der Waals surface area contributed by atoms with Gasteiger partial charge in [0.05, 0.1) is 5.75 Å². The molecule has 0 bridgehead atoms. The molecule has 0 atom stereocenters. The quantitative estimate of drug-likeness (QED) is 0.608. The van der Waals surface area contributed by atoms with E-state index in [-0.39, 0.29) is 11.5 Å². The maximum atomic E-state index is 11.4. The van der Waals surface area contributed by atoms with Crippen molar-refractivity contribution < 1.29 is 8.42 Å². The van der Waals surface area contributed by atoms with Crippen LogP contribution in [0.1, 0.15) is 12.5 Å². The van der Waals surface area contributed by atoms with Gasteiger partial charge >= 0.3 is 0 Å². The van der Waals surface area contributed by atoms with E-state index in [2.05, 4.69) is 15.6 Å². The van der Waals surface area contributed by atoms with Crippen LogP contribution < -0.4 is 10.6 Å². The highest BCUT2D eigenvalue weighted by atomic mass is 35.5. The molecular weight excluding hydrogens is 333 g/mol. The Morgan fingerprint density at radius 3 is 2.57 bits per heavy atom. The fraction of sp³-hybridized carbons (Fsp3) is 0.462. The van der Waals surface area contributed by atoms with Crippen molar-refractivity contribution >= 4 is 39.0 Å². The van der Waals surface area contributed by atoms with Gasteiger partial charge in [0.2, 0.25) is 0 Å². The monoisotopic (exact) mass is 351 g/mol. The second-order valence-electron chi connectivity index (χ2n) is 4.32. The van der Waals surface area contributed by atoms with Gasteiger partial charge in [-0.1, -0.05) is 36.2 Å². The minimum absolute atomic E-state index is 0.0753. The molecular formula is C13H19Cl2N3O2S. The van der Waals surface area contributed by atoms with Crippen LogP contribution in [0.5, 0.6) is 0 Å². The van der Waals surface area contributed by atoms with Crippen molar-refractivity contribution in [2.45, 2.75) is 13.5 Å². The molecule has 0 spiro atoms. The van der Waals surface area contributed by atoms with Gasteiger partial charge in [0.15, 0.2) is 15.8 Å². The second-order valence-corrected chi connectivity index (χ2v) is 7.64. The number of benzene rings is 1. The van der Waals surface area contributed by atoms with Crippen molar-refractivity contribution in [1.82, 2.24) is 10.6 Å². The summed E-state index contributed by atoms with van der Waals surface area (Å²) in [5, 5.41) is 7.17. The van der Waals surface area contributed by atoms with Gasteiger partial charge in [-0.15, -0.1) is 0 Å². The predicted molar refractivity (Wildman–Crippen MR) is 89.0 cm³/mol. The van der Waals surface area contributed by atoms with E-state index in [1.807, 2.05) is 6.07 Å². The summed E-state index contributed by atoms with van der Waals surface area (Å²) >= 11 is 11.9. The average Bonchev–Trinajstić information content (AvgIpc) is 2.44. The van der Waals surface area contributed by atoms with Crippen LogP contribution in [0.2, 0.25) is 10.0 Å². The Bertz CT molecular complexity index is 603. The fourth-order valence-electron chi connectivity index (χ4n) is 1.53. The molecule has 118 valence electrons. The highest BCUT2D eigenvalue weighted by Crippen LogP contribution is 2.20. The largest absolute Gasteiger partial charge is 0.355 e. The van der Waals surface area contributed by atoms with E-state index in [1.165, 1.54) is 0 Å². The Morgan fingerprint density at radius 1 is 1.29 bits per heavy atom. The minimum atomic E-state index is -2.98. The van der Waals surface area contributed by atoms with E-state index in [4.69, 9.17) is 23.2 Å². The summed E-state index contributed by atoms with van der Waals surface area (Å²) in [4.78, 5) is 4.03. The van der Waals surface area contributed by atoms with Crippen LogP contribution in [0.15, 0.2) is 23.2 Å². The molecule has 1 aromatic rings. The molecule has 0 saturated carbocycles. The van der Waals surface area contributed by atoms with Crippen LogP contribution >= 0.6 is 23.2 Å². The molecule has 8 heteroatoms. The van der Waals surface area contributed by atoms with E-state index < -0.39 is 9.84 Å². The van der Waals surface area contributed by atoms with Crippen LogP contribution in [0.4, 0.5) is 0 Å². The molecule has 21 heavy (non-hydrogen) atoms. The third-order valence-corrected chi connectivity index (χ3v) is 5.12. The van der Waals surface area contributed by atoms with Gasteiger partial charge in [-0.3, -0.25) is 4.99 Å². The van der Waals surface area contributed by atoms with Crippen molar-refractivity contribution in [3.8, 4) is 0 Å². The summed E-state index contributed by atoms with van der Waals surface area (Å²) in [5.41, 5.74) is 0.880. The van der Waals surface area contributed by atoms with Crippen LogP contribution in [-0.4, -0.2) is 39.5 Å². The Morgan fingerprint density at radius 2 is 2.00 bits per heavy atom. The van der Waals surface area contributed by atoms with Crippen LogP contribution in [0.25, 0.3) is 0 Å². The third kappa shape index (κ3) is 6.54. The van der Waals surface area contributed by atoms with Crippen molar-refractivity contribution in [2.75, 3.05) is 25.1 Å². The van der Waals surface area contributed by atoms with Crippen molar-refractivity contribution in [3.05, 3.63) is 33.8 Å². The maximum absolute atomic E-state index is 11.4. The van der Waals surface area contributed by atoms with Crippen LogP contribution in [0.3, 0.4) is 0 Å². The lowest BCUT2D eigenvalue weighted by Gasteiger charge is -2.12. The SMILES string of the molecule is CCS(=O)(=O)CCNC(=NC)NCc1ccc(Cl)cc1Cl. The number of rotatable bonds is 6. The number of hydrogen-bond donors (Lipinski definition) is 2. The van der Waals surface area contributed by atoms with E-state index >= 15 is 0 Å². The molecule has 1 rings (SSSR count). The first kappa shape index (κ1) is 18.1. The number of halogens is 2. The highest BCUT2D eigenvalue weighted by molar-refractivity contribution is 7.91. The first-order chi connectivity index (χ1) is 9.88. The lowest BCUT2D eigenvalue weighted by molar-refractivity contribution is 0.595. The van der Waals surface area contributed by atoms with Gasteiger partial charge in [0.25, 0.3) is 0 Å². The van der Waals surface area contributed by atoms with Crippen LogP contribution in [-0.2, 0) is 16.4 Å². The smallest absolute Gasteiger partial charge is 0.191 e. The molecule has 0 aliphatic rings. The Kier molecular flexibility index (Phi) is 7.28. The number of hydrogen-bond acceptors (Lipinski definition) is 3. The van der Waals surface area contributed by atoms with Crippen molar-refractivity contribution in [2.24, 2.45) is 4.99 Å². The summed E-state index contributed by atoms with van der Waals surface area (Å²) in [5.74, 6) is 0.736. The standard InChI is InChI=1S/C13H19Cl2N3O2S/c1-3-21(19,20)7-6-17-13(16-2)18-9-10-4-5-11(14)8-12(10)15/h4-5,8H,3,6-7,9H2,1-2H3,(H2,16,17,18). The lowest BCUT2D eigenvalue weighted by Crippen LogP contribution is -2.39. The molecule has 0 aliphatic carbocycles. The number of sulfone groups is 1. The molecule has 0 fully saturated rings. The first-order valence-corrected chi connectivity index (χ1v) is 9.04. The second kappa shape index (κ2) is 8.46. The van der Waals surface area contributed by atoms with Crippen LogP contribution in [0, 0.1) is 0 Å². The van der Waals surface area contributed by atoms with E-state index in [0.29, 0.717) is 29.1 Å². The molecule has 0 heterocycles. The first-order valence-electron chi connectivity index (χ1n) is 6.47. The number of guanidine groups is 1. The lowest BCUT2D eigenvalue weighted by atomic mass is 10.2. The average molecular weight is 352 g/mol. The molecule has 0 saturated heterocycles.